The SMILES string of the molecule is CN=C(NCCCCN1CCCCC1C)NCC1CC(=O)N(CCc2ccccc2)C1. The Morgan fingerprint density at radius 3 is 2.74 bits per heavy atom. The van der Waals surface area contributed by atoms with Crippen molar-refractivity contribution >= 4 is 11.9 Å². The van der Waals surface area contributed by atoms with Crippen molar-refractivity contribution in [3.63, 3.8) is 0 Å². The minimum absolute atomic E-state index is 0.276. The molecule has 2 aliphatic rings. The number of carbonyl (C=O) groups excluding carboxylic acids is 1. The van der Waals surface area contributed by atoms with Gasteiger partial charge in [0.25, 0.3) is 0 Å². The third kappa shape index (κ3) is 7.84. The number of benzene rings is 1. The van der Waals surface area contributed by atoms with Gasteiger partial charge >= 0.3 is 0 Å². The summed E-state index contributed by atoms with van der Waals surface area (Å²) in [7, 11) is 1.82. The van der Waals surface area contributed by atoms with Crippen LogP contribution in [0.1, 0.15) is 51.0 Å². The second kappa shape index (κ2) is 12.7. The van der Waals surface area contributed by atoms with Crippen molar-refractivity contribution in [1.29, 1.82) is 0 Å². The lowest BCUT2D eigenvalue weighted by atomic mass is 10.0. The number of hydrogen-bond acceptors (Lipinski definition) is 3. The second-order valence-corrected chi connectivity index (χ2v) is 9.11. The number of rotatable bonds is 10. The van der Waals surface area contributed by atoms with Crippen molar-refractivity contribution < 1.29 is 4.79 Å². The lowest BCUT2D eigenvalue weighted by Crippen LogP contribution is -2.41. The number of aliphatic imine (C=N–C) groups is 1. The zero-order valence-electron chi connectivity index (χ0n) is 19.5. The molecule has 0 radical (unpaired) electrons. The van der Waals surface area contributed by atoms with Gasteiger partial charge in [-0.3, -0.25) is 9.79 Å². The molecule has 0 bridgehead atoms. The summed E-state index contributed by atoms with van der Waals surface area (Å²) in [5.41, 5.74) is 1.29. The predicted octanol–water partition coefficient (Wildman–Crippen LogP) is 2.90. The Morgan fingerprint density at radius 1 is 1.13 bits per heavy atom. The van der Waals surface area contributed by atoms with E-state index in [1.807, 2.05) is 18.0 Å². The smallest absolute Gasteiger partial charge is 0.223 e. The molecular formula is C25H41N5O. The molecule has 6 nitrogen and oxygen atoms in total. The first kappa shape index (κ1) is 23.6. The van der Waals surface area contributed by atoms with Gasteiger partial charge in [-0.05, 0) is 57.7 Å². The second-order valence-electron chi connectivity index (χ2n) is 9.11. The Kier molecular flexibility index (Phi) is 9.66. The molecule has 0 saturated carbocycles. The average molecular weight is 428 g/mol. The monoisotopic (exact) mass is 427 g/mol. The molecule has 0 aliphatic carbocycles. The molecule has 2 heterocycles. The van der Waals surface area contributed by atoms with Crippen molar-refractivity contribution in [3.8, 4) is 0 Å². The van der Waals surface area contributed by atoms with Crippen LogP contribution in [0.5, 0.6) is 0 Å². The zero-order chi connectivity index (χ0) is 21.9. The van der Waals surface area contributed by atoms with E-state index in [0.29, 0.717) is 12.3 Å². The van der Waals surface area contributed by atoms with Crippen LogP contribution in [-0.2, 0) is 11.2 Å². The number of carbonyl (C=O) groups is 1. The van der Waals surface area contributed by atoms with E-state index in [9.17, 15) is 4.79 Å². The minimum Gasteiger partial charge on any atom is -0.356 e. The summed E-state index contributed by atoms with van der Waals surface area (Å²) in [6.07, 6.45) is 8.02. The van der Waals surface area contributed by atoms with Gasteiger partial charge in [0.05, 0.1) is 0 Å². The molecular weight excluding hydrogens is 386 g/mol. The molecule has 2 unspecified atom stereocenters. The van der Waals surface area contributed by atoms with Gasteiger partial charge in [0.2, 0.25) is 5.91 Å². The molecule has 2 N–H and O–H groups in total. The number of hydrogen-bond donors (Lipinski definition) is 2. The summed E-state index contributed by atoms with van der Waals surface area (Å²) < 4.78 is 0. The highest BCUT2D eigenvalue weighted by molar-refractivity contribution is 5.80. The van der Waals surface area contributed by atoms with Crippen molar-refractivity contribution in [1.82, 2.24) is 20.4 Å². The highest BCUT2D eigenvalue weighted by Crippen LogP contribution is 2.18. The van der Waals surface area contributed by atoms with Gasteiger partial charge in [-0.25, -0.2) is 0 Å². The van der Waals surface area contributed by atoms with Crippen molar-refractivity contribution in [3.05, 3.63) is 35.9 Å². The number of unbranched alkanes of at least 4 members (excludes halogenated alkanes) is 1. The molecule has 2 saturated heterocycles. The van der Waals surface area contributed by atoms with E-state index in [-0.39, 0.29) is 5.91 Å². The van der Waals surface area contributed by atoms with Crippen LogP contribution in [0.3, 0.4) is 0 Å². The molecule has 2 fully saturated rings. The maximum atomic E-state index is 12.4. The van der Waals surface area contributed by atoms with E-state index in [0.717, 1.165) is 51.0 Å². The van der Waals surface area contributed by atoms with Gasteiger partial charge in [-0.15, -0.1) is 0 Å². The van der Waals surface area contributed by atoms with Crippen LogP contribution in [0, 0.1) is 5.92 Å². The third-order valence-corrected chi connectivity index (χ3v) is 6.69. The van der Waals surface area contributed by atoms with E-state index in [1.54, 1.807) is 0 Å². The van der Waals surface area contributed by atoms with Crippen molar-refractivity contribution in [2.24, 2.45) is 10.9 Å². The molecule has 172 valence electrons. The standard InChI is InChI=1S/C25H41N5O/c1-21-10-6-8-15-29(21)16-9-7-14-27-25(26-2)28-19-23-18-24(31)30(20-23)17-13-22-11-4-3-5-12-22/h3-5,11-12,21,23H,6-10,13-20H2,1-2H3,(H2,26,27,28). The number of piperidine rings is 1. The molecule has 2 aliphatic heterocycles. The number of amides is 1. The van der Waals surface area contributed by atoms with Gasteiger partial charge in [0, 0.05) is 51.6 Å². The van der Waals surface area contributed by atoms with Crippen LogP contribution in [-0.4, -0.2) is 74.0 Å². The van der Waals surface area contributed by atoms with E-state index in [4.69, 9.17) is 0 Å². The van der Waals surface area contributed by atoms with Crippen LogP contribution in [0.2, 0.25) is 0 Å². The first-order valence-corrected chi connectivity index (χ1v) is 12.2. The molecule has 2 atom stereocenters. The Morgan fingerprint density at radius 2 is 1.97 bits per heavy atom. The largest absolute Gasteiger partial charge is 0.356 e. The number of nitrogens with one attached hydrogen (secondary N) is 2. The molecule has 6 heteroatoms. The highest BCUT2D eigenvalue weighted by Gasteiger charge is 2.29. The van der Waals surface area contributed by atoms with Gasteiger partial charge in [0.1, 0.15) is 0 Å². The average Bonchev–Trinajstić information content (AvgIpc) is 3.15. The Balaban J connectivity index is 1.28. The predicted molar refractivity (Wildman–Crippen MR) is 128 cm³/mol. The quantitative estimate of drug-likeness (QED) is 0.342. The van der Waals surface area contributed by atoms with E-state index in [1.165, 1.54) is 44.3 Å². The number of guanidine groups is 1. The summed E-state index contributed by atoms with van der Waals surface area (Å²) in [5, 5.41) is 6.86. The first-order valence-electron chi connectivity index (χ1n) is 12.2. The Hall–Kier alpha value is -2.08. The summed E-state index contributed by atoms with van der Waals surface area (Å²) in [4.78, 5) is 21.4. The summed E-state index contributed by atoms with van der Waals surface area (Å²) in [6.45, 7) is 8.21. The van der Waals surface area contributed by atoms with Crippen LogP contribution in [0.4, 0.5) is 0 Å². The van der Waals surface area contributed by atoms with Gasteiger partial charge in [-0.2, -0.15) is 0 Å². The minimum atomic E-state index is 0.276. The maximum Gasteiger partial charge on any atom is 0.223 e. The molecule has 3 rings (SSSR count). The Labute approximate surface area is 188 Å². The summed E-state index contributed by atoms with van der Waals surface area (Å²) in [6, 6.07) is 11.1. The van der Waals surface area contributed by atoms with Crippen LogP contribution in [0.15, 0.2) is 35.3 Å². The maximum absolute atomic E-state index is 12.4. The van der Waals surface area contributed by atoms with E-state index < -0.39 is 0 Å². The van der Waals surface area contributed by atoms with E-state index in [2.05, 4.69) is 51.7 Å². The van der Waals surface area contributed by atoms with E-state index >= 15 is 0 Å². The summed E-state index contributed by atoms with van der Waals surface area (Å²) >= 11 is 0. The van der Waals surface area contributed by atoms with Crippen molar-refractivity contribution in [2.45, 2.75) is 57.9 Å². The highest BCUT2D eigenvalue weighted by atomic mass is 16.2. The van der Waals surface area contributed by atoms with Gasteiger partial charge < -0.3 is 20.4 Å². The zero-order valence-corrected chi connectivity index (χ0v) is 19.5. The lowest BCUT2D eigenvalue weighted by molar-refractivity contribution is -0.127. The normalized spacial score (nSPS) is 22.7. The topological polar surface area (TPSA) is 60.0 Å². The molecule has 0 spiro atoms. The number of nitrogens with zero attached hydrogens (tertiary/aromatic N) is 3. The fraction of sp³-hybridized carbons (Fsp3) is 0.680. The number of likely N-dealkylation sites (tertiary alicyclic amines) is 2. The van der Waals surface area contributed by atoms with Crippen molar-refractivity contribution in [2.75, 3.05) is 46.3 Å². The van der Waals surface area contributed by atoms with Gasteiger partial charge in [-0.1, -0.05) is 36.8 Å². The first-order chi connectivity index (χ1) is 15.2. The van der Waals surface area contributed by atoms with Gasteiger partial charge in [0.15, 0.2) is 5.96 Å². The fourth-order valence-electron chi connectivity index (χ4n) is 4.71. The molecule has 31 heavy (non-hydrogen) atoms. The van der Waals surface area contributed by atoms with Crippen LogP contribution >= 0.6 is 0 Å². The lowest BCUT2D eigenvalue weighted by Gasteiger charge is -2.33. The fourth-order valence-corrected chi connectivity index (χ4v) is 4.71. The molecule has 1 aromatic rings. The van der Waals surface area contributed by atoms with Crippen LogP contribution in [0.25, 0.3) is 0 Å². The molecule has 0 aromatic heterocycles. The molecule has 1 amide bonds. The Bertz CT molecular complexity index is 692. The summed E-state index contributed by atoms with van der Waals surface area (Å²) in [5.74, 6) is 1.47. The molecule has 1 aromatic carbocycles. The third-order valence-electron chi connectivity index (χ3n) is 6.69. The van der Waals surface area contributed by atoms with Crippen LogP contribution < -0.4 is 10.6 Å².